The van der Waals surface area contributed by atoms with Gasteiger partial charge in [0, 0.05) is 20.0 Å². The van der Waals surface area contributed by atoms with Gasteiger partial charge in [-0.15, -0.1) is 0 Å². The van der Waals surface area contributed by atoms with Gasteiger partial charge < -0.3 is 10.4 Å². The van der Waals surface area contributed by atoms with Crippen LogP contribution >= 0.6 is 34.2 Å². The summed E-state index contributed by atoms with van der Waals surface area (Å²) in [6.07, 6.45) is 4.63. The number of hydrogen-bond donors (Lipinski definition) is 2. The molecule has 9 heteroatoms. The van der Waals surface area contributed by atoms with Crippen molar-refractivity contribution in [1.82, 2.24) is 15.1 Å². The van der Waals surface area contributed by atoms with Crippen LogP contribution in [0.1, 0.15) is 41.6 Å². The SMILES string of the molecule is O=C(NC1CC2(C1)CC(C(=O)O)C2)c1cc(Cl)cc2cnn(Cc3ccc(I)c(F)c3)c12. The number of fused-ring (bicyclic) bond motifs is 1. The summed E-state index contributed by atoms with van der Waals surface area (Å²) in [5.74, 6) is -1.51. The van der Waals surface area contributed by atoms with Gasteiger partial charge in [-0.05, 0) is 83.5 Å². The minimum Gasteiger partial charge on any atom is -0.481 e. The lowest BCUT2D eigenvalue weighted by Gasteiger charge is -2.56. The number of hydrogen-bond acceptors (Lipinski definition) is 3. The van der Waals surface area contributed by atoms with Crippen molar-refractivity contribution in [3.8, 4) is 0 Å². The second-order valence-electron chi connectivity index (χ2n) is 8.96. The molecule has 0 atom stereocenters. The monoisotopic (exact) mass is 567 g/mol. The number of benzene rings is 2. The Bertz CT molecular complexity index is 1250. The van der Waals surface area contributed by atoms with Gasteiger partial charge in [-0.3, -0.25) is 14.3 Å². The minimum absolute atomic E-state index is 0.0212. The van der Waals surface area contributed by atoms with E-state index >= 15 is 0 Å². The van der Waals surface area contributed by atoms with Crippen LogP contribution in [0, 0.1) is 20.7 Å². The molecular formula is C23H20ClFIN3O3. The highest BCUT2D eigenvalue weighted by Gasteiger charge is 2.55. The predicted octanol–water partition coefficient (Wildman–Crippen LogP) is 4.85. The number of nitrogens with zero attached hydrogens (tertiary/aromatic N) is 2. The molecule has 0 aliphatic heterocycles. The van der Waals surface area contributed by atoms with E-state index in [1.165, 1.54) is 6.07 Å². The van der Waals surface area contributed by atoms with Gasteiger partial charge >= 0.3 is 5.97 Å². The summed E-state index contributed by atoms with van der Waals surface area (Å²) in [5, 5.41) is 17.8. The Hall–Kier alpha value is -2.20. The van der Waals surface area contributed by atoms with Crippen LogP contribution in [0.3, 0.4) is 0 Å². The highest BCUT2D eigenvalue weighted by atomic mass is 127. The van der Waals surface area contributed by atoms with Crippen molar-refractivity contribution in [3.63, 3.8) is 0 Å². The molecule has 2 N–H and O–H groups in total. The molecule has 0 unspecified atom stereocenters. The van der Waals surface area contributed by atoms with E-state index in [9.17, 15) is 14.0 Å². The van der Waals surface area contributed by atoms with Crippen molar-refractivity contribution in [2.45, 2.75) is 38.3 Å². The summed E-state index contributed by atoms with van der Waals surface area (Å²) in [6.45, 7) is 0.322. The summed E-state index contributed by atoms with van der Waals surface area (Å²) >= 11 is 8.20. The molecule has 2 saturated carbocycles. The van der Waals surface area contributed by atoms with Crippen LogP contribution in [0.25, 0.3) is 10.9 Å². The van der Waals surface area contributed by atoms with Crippen LogP contribution in [-0.4, -0.2) is 32.8 Å². The topological polar surface area (TPSA) is 84.2 Å². The zero-order chi connectivity index (χ0) is 22.6. The summed E-state index contributed by atoms with van der Waals surface area (Å²) in [5.41, 5.74) is 1.89. The first-order valence-corrected chi connectivity index (χ1v) is 11.8. The lowest BCUT2D eigenvalue weighted by molar-refractivity contribution is -0.155. The number of carboxylic acids is 1. The zero-order valence-corrected chi connectivity index (χ0v) is 19.9. The normalized spacial score (nSPS) is 24.2. The largest absolute Gasteiger partial charge is 0.481 e. The van der Waals surface area contributed by atoms with Crippen molar-refractivity contribution < 1.29 is 19.1 Å². The number of carboxylic acid groups (broad SMARTS) is 1. The molecule has 1 spiro atoms. The lowest BCUT2D eigenvalue weighted by Crippen LogP contribution is -2.57. The second kappa shape index (κ2) is 7.98. The van der Waals surface area contributed by atoms with E-state index < -0.39 is 5.97 Å². The molecular weight excluding hydrogens is 548 g/mol. The van der Waals surface area contributed by atoms with Crippen molar-refractivity contribution in [2.24, 2.45) is 11.3 Å². The summed E-state index contributed by atoms with van der Waals surface area (Å²) in [6, 6.07) is 8.43. The number of aliphatic carboxylic acids is 1. The summed E-state index contributed by atoms with van der Waals surface area (Å²) in [7, 11) is 0. The maximum absolute atomic E-state index is 14.0. The van der Waals surface area contributed by atoms with E-state index in [-0.39, 0.29) is 29.1 Å². The van der Waals surface area contributed by atoms with Gasteiger partial charge in [-0.1, -0.05) is 17.7 Å². The Morgan fingerprint density at radius 2 is 2.00 bits per heavy atom. The number of nitrogens with one attached hydrogen (secondary N) is 1. The Morgan fingerprint density at radius 1 is 1.25 bits per heavy atom. The molecule has 2 aromatic carbocycles. The molecule has 0 radical (unpaired) electrons. The Balaban J connectivity index is 1.35. The fraction of sp³-hybridized carbons (Fsp3) is 0.348. The molecule has 166 valence electrons. The highest BCUT2D eigenvalue weighted by Crippen LogP contribution is 2.58. The molecule has 0 saturated heterocycles. The number of rotatable bonds is 5. The van der Waals surface area contributed by atoms with Crippen LogP contribution in [0.5, 0.6) is 0 Å². The molecule has 2 fully saturated rings. The summed E-state index contributed by atoms with van der Waals surface area (Å²) in [4.78, 5) is 24.2. The van der Waals surface area contributed by atoms with Crippen LogP contribution in [-0.2, 0) is 11.3 Å². The van der Waals surface area contributed by atoms with Crippen molar-refractivity contribution in [2.75, 3.05) is 0 Å². The molecule has 32 heavy (non-hydrogen) atoms. The number of halogens is 3. The van der Waals surface area contributed by atoms with Gasteiger partial charge in [0.05, 0.1) is 29.7 Å². The van der Waals surface area contributed by atoms with Crippen LogP contribution < -0.4 is 5.32 Å². The van der Waals surface area contributed by atoms with Crippen molar-refractivity contribution >= 4 is 57.0 Å². The molecule has 1 aromatic heterocycles. The number of amides is 1. The average molecular weight is 568 g/mol. The van der Waals surface area contributed by atoms with Gasteiger partial charge in [0.15, 0.2) is 0 Å². The van der Waals surface area contributed by atoms with Crippen LogP contribution in [0.15, 0.2) is 36.5 Å². The van der Waals surface area contributed by atoms with Gasteiger partial charge in [0.2, 0.25) is 0 Å². The molecule has 3 aromatic rings. The molecule has 5 rings (SSSR count). The molecule has 1 heterocycles. The predicted molar refractivity (Wildman–Crippen MR) is 126 cm³/mol. The zero-order valence-electron chi connectivity index (χ0n) is 16.9. The fourth-order valence-electron chi connectivity index (χ4n) is 5.14. The standard InChI is InChI=1S/C23H20ClFIN3O3/c24-15-4-13-10-27-29(11-12-1-2-19(26)18(25)3-12)20(13)17(5-15)21(30)28-16-8-23(9-16)6-14(7-23)22(31)32/h1-5,10,14,16H,6-9,11H2,(H,28,30)(H,31,32). The van der Waals surface area contributed by atoms with Crippen LogP contribution in [0.2, 0.25) is 5.02 Å². The highest BCUT2D eigenvalue weighted by molar-refractivity contribution is 14.1. The van der Waals surface area contributed by atoms with E-state index in [0.29, 0.717) is 39.1 Å². The van der Waals surface area contributed by atoms with Gasteiger partial charge in [0.1, 0.15) is 5.82 Å². The van der Waals surface area contributed by atoms with E-state index in [2.05, 4.69) is 10.4 Å². The fourth-order valence-corrected chi connectivity index (χ4v) is 5.71. The number of carbonyl (C=O) groups is 2. The smallest absolute Gasteiger partial charge is 0.306 e. The molecule has 1 amide bonds. The Morgan fingerprint density at radius 3 is 2.69 bits per heavy atom. The molecule has 2 aliphatic carbocycles. The first-order chi connectivity index (χ1) is 15.2. The van der Waals surface area contributed by atoms with Crippen molar-refractivity contribution in [3.05, 3.63) is 62.1 Å². The number of aromatic nitrogens is 2. The molecule has 2 aliphatic rings. The lowest BCUT2D eigenvalue weighted by atomic mass is 9.50. The molecule has 0 bridgehead atoms. The van der Waals surface area contributed by atoms with Gasteiger partial charge in [-0.25, -0.2) is 4.39 Å². The van der Waals surface area contributed by atoms with Gasteiger partial charge in [-0.2, -0.15) is 5.10 Å². The molecule has 6 nitrogen and oxygen atoms in total. The van der Waals surface area contributed by atoms with Crippen molar-refractivity contribution in [1.29, 1.82) is 0 Å². The third-order valence-electron chi connectivity index (χ3n) is 6.66. The quantitative estimate of drug-likeness (QED) is 0.432. The third-order valence-corrected chi connectivity index (χ3v) is 7.75. The van der Waals surface area contributed by atoms with E-state index in [1.807, 2.05) is 28.7 Å². The maximum Gasteiger partial charge on any atom is 0.306 e. The second-order valence-corrected chi connectivity index (χ2v) is 10.6. The maximum atomic E-state index is 14.0. The van der Waals surface area contributed by atoms with Gasteiger partial charge in [0.25, 0.3) is 5.91 Å². The van der Waals surface area contributed by atoms with E-state index in [0.717, 1.165) is 23.8 Å². The Kier molecular flexibility index (Phi) is 5.40. The van der Waals surface area contributed by atoms with Crippen LogP contribution in [0.4, 0.5) is 4.39 Å². The van der Waals surface area contributed by atoms with E-state index in [1.54, 1.807) is 29.1 Å². The minimum atomic E-state index is -0.731. The van der Waals surface area contributed by atoms with E-state index in [4.69, 9.17) is 16.7 Å². The summed E-state index contributed by atoms with van der Waals surface area (Å²) < 4.78 is 16.2. The number of carbonyl (C=O) groups excluding carboxylic acids is 1. The average Bonchev–Trinajstić information content (AvgIpc) is 3.06. The first-order valence-electron chi connectivity index (χ1n) is 10.4. The Labute approximate surface area is 202 Å². The third kappa shape index (κ3) is 3.87. The first kappa shape index (κ1) is 21.6.